The maximum absolute atomic E-state index is 12.3. The molecule has 0 aromatic carbocycles. The van der Waals surface area contributed by atoms with Gasteiger partial charge in [0.15, 0.2) is 0 Å². The molecule has 0 rings (SSSR count). The van der Waals surface area contributed by atoms with E-state index in [2.05, 4.69) is 0 Å². The summed E-state index contributed by atoms with van der Waals surface area (Å²) in [5.41, 5.74) is 0. The van der Waals surface area contributed by atoms with Crippen molar-refractivity contribution in [3.63, 3.8) is 0 Å². The van der Waals surface area contributed by atoms with Crippen LogP contribution in [0, 0.1) is 0 Å². The number of aliphatic hydroxyl groups is 1. The van der Waals surface area contributed by atoms with Gasteiger partial charge >= 0.3 is 18.2 Å². The van der Waals surface area contributed by atoms with E-state index < -0.39 is 31.3 Å². The first-order chi connectivity index (χ1) is 9.17. The highest BCUT2D eigenvalue weighted by Gasteiger charge is 2.34. The number of urea groups is 1. The van der Waals surface area contributed by atoms with Crippen LogP contribution in [-0.4, -0.2) is 71.5 Å². The molecule has 20 heavy (non-hydrogen) atoms. The standard InChI is InChI=1S/C11H19F3N2O4/c1-15(5-3-2-4-6-17)10(20)16(7-9(18)19)8-11(12,13)14/h17H,2-8H2,1H3,(H,18,19). The van der Waals surface area contributed by atoms with Gasteiger partial charge in [0.1, 0.15) is 13.1 Å². The molecule has 0 fully saturated rings. The van der Waals surface area contributed by atoms with Crippen molar-refractivity contribution in [3.05, 3.63) is 0 Å². The van der Waals surface area contributed by atoms with Gasteiger partial charge in [-0.1, -0.05) is 0 Å². The Morgan fingerprint density at radius 2 is 1.75 bits per heavy atom. The summed E-state index contributed by atoms with van der Waals surface area (Å²) in [6, 6.07) is -0.978. The third-order valence-corrected chi connectivity index (χ3v) is 2.44. The summed E-state index contributed by atoms with van der Waals surface area (Å²) in [5, 5.41) is 17.1. The molecule has 0 unspecified atom stereocenters. The van der Waals surface area contributed by atoms with Crippen LogP contribution in [0.4, 0.5) is 18.0 Å². The predicted octanol–water partition coefficient (Wildman–Crippen LogP) is 1.15. The third-order valence-electron chi connectivity index (χ3n) is 2.44. The number of carbonyl (C=O) groups is 2. The number of alkyl halides is 3. The van der Waals surface area contributed by atoms with Crippen LogP contribution in [0.25, 0.3) is 0 Å². The monoisotopic (exact) mass is 300 g/mol. The summed E-state index contributed by atoms with van der Waals surface area (Å²) in [4.78, 5) is 23.6. The Morgan fingerprint density at radius 3 is 2.20 bits per heavy atom. The fourth-order valence-corrected chi connectivity index (χ4v) is 1.55. The number of carboxylic acids is 1. The summed E-state index contributed by atoms with van der Waals surface area (Å²) in [6.45, 7) is -2.39. The molecule has 6 nitrogen and oxygen atoms in total. The van der Waals surface area contributed by atoms with Crippen LogP contribution in [0.3, 0.4) is 0 Å². The molecule has 0 aromatic rings. The lowest BCUT2D eigenvalue weighted by atomic mass is 10.2. The molecule has 118 valence electrons. The van der Waals surface area contributed by atoms with Crippen LogP contribution in [0.1, 0.15) is 19.3 Å². The Bertz CT molecular complexity index is 323. The quantitative estimate of drug-likeness (QED) is 0.659. The zero-order chi connectivity index (χ0) is 15.8. The predicted molar refractivity (Wildman–Crippen MR) is 64.2 cm³/mol. The maximum atomic E-state index is 12.3. The fraction of sp³-hybridized carbons (Fsp3) is 0.818. The van der Waals surface area contributed by atoms with Crippen LogP contribution in [0.5, 0.6) is 0 Å². The summed E-state index contributed by atoms with van der Waals surface area (Å²) in [6.07, 6.45) is -2.95. The zero-order valence-corrected chi connectivity index (χ0v) is 11.2. The van der Waals surface area contributed by atoms with E-state index in [1.54, 1.807) is 0 Å². The second-order valence-electron chi connectivity index (χ2n) is 4.35. The maximum Gasteiger partial charge on any atom is 0.406 e. The number of amides is 2. The molecule has 0 radical (unpaired) electrons. The Balaban J connectivity index is 4.48. The molecule has 0 bridgehead atoms. The number of rotatable bonds is 8. The number of aliphatic carboxylic acids is 1. The van der Waals surface area contributed by atoms with E-state index in [9.17, 15) is 22.8 Å². The number of unbranched alkanes of at least 4 members (excludes halogenated alkanes) is 2. The smallest absolute Gasteiger partial charge is 0.406 e. The van der Waals surface area contributed by atoms with E-state index in [0.29, 0.717) is 19.3 Å². The van der Waals surface area contributed by atoms with E-state index in [1.807, 2.05) is 0 Å². The van der Waals surface area contributed by atoms with Crippen molar-refractivity contribution in [1.29, 1.82) is 0 Å². The lowest BCUT2D eigenvalue weighted by Crippen LogP contribution is -2.47. The molecule has 0 saturated carbocycles. The SMILES string of the molecule is CN(CCCCCO)C(=O)N(CC(=O)O)CC(F)(F)F. The lowest BCUT2D eigenvalue weighted by Gasteiger charge is -2.27. The van der Waals surface area contributed by atoms with Crippen LogP contribution in [-0.2, 0) is 4.79 Å². The number of aliphatic hydroxyl groups excluding tert-OH is 1. The molecule has 0 aliphatic heterocycles. The van der Waals surface area contributed by atoms with Gasteiger partial charge in [0, 0.05) is 20.2 Å². The summed E-state index contributed by atoms with van der Waals surface area (Å²) >= 11 is 0. The number of hydrogen-bond donors (Lipinski definition) is 2. The Hall–Kier alpha value is -1.51. The Morgan fingerprint density at radius 1 is 1.15 bits per heavy atom. The highest BCUT2D eigenvalue weighted by atomic mass is 19.4. The highest BCUT2D eigenvalue weighted by Crippen LogP contribution is 2.17. The molecule has 2 N–H and O–H groups in total. The zero-order valence-electron chi connectivity index (χ0n) is 11.2. The average molecular weight is 300 g/mol. The van der Waals surface area contributed by atoms with Crippen molar-refractivity contribution in [2.45, 2.75) is 25.4 Å². The first-order valence-electron chi connectivity index (χ1n) is 6.07. The van der Waals surface area contributed by atoms with E-state index >= 15 is 0 Å². The Labute approximate surface area is 114 Å². The number of halogens is 3. The lowest BCUT2D eigenvalue weighted by molar-refractivity contribution is -0.149. The number of carbonyl (C=O) groups excluding carboxylic acids is 1. The molecule has 0 spiro atoms. The third kappa shape index (κ3) is 8.57. The average Bonchev–Trinajstić information content (AvgIpc) is 2.30. The van der Waals surface area contributed by atoms with Crippen molar-refractivity contribution in [3.8, 4) is 0 Å². The largest absolute Gasteiger partial charge is 0.480 e. The molecule has 0 aliphatic rings. The van der Waals surface area contributed by atoms with Crippen molar-refractivity contribution < 1.29 is 33.0 Å². The summed E-state index contributed by atoms with van der Waals surface area (Å²) in [7, 11) is 1.31. The van der Waals surface area contributed by atoms with Crippen LogP contribution < -0.4 is 0 Å². The van der Waals surface area contributed by atoms with Crippen LogP contribution >= 0.6 is 0 Å². The van der Waals surface area contributed by atoms with E-state index in [0.717, 1.165) is 4.90 Å². The molecule has 9 heteroatoms. The molecule has 2 amide bonds. The van der Waals surface area contributed by atoms with Gasteiger partial charge in [0.2, 0.25) is 0 Å². The minimum Gasteiger partial charge on any atom is -0.480 e. The van der Waals surface area contributed by atoms with Gasteiger partial charge in [-0.05, 0) is 19.3 Å². The molecule has 0 heterocycles. The van der Waals surface area contributed by atoms with Gasteiger partial charge in [-0.2, -0.15) is 13.2 Å². The van der Waals surface area contributed by atoms with E-state index in [4.69, 9.17) is 10.2 Å². The molecular formula is C11H19F3N2O4. The fourth-order valence-electron chi connectivity index (χ4n) is 1.55. The van der Waals surface area contributed by atoms with Crippen molar-refractivity contribution in [2.24, 2.45) is 0 Å². The van der Waals surface area contributed by atoms with Crippen LogP contribution in [0.2, 0.25) is 0 Å². The van der Waals surface area contributed by atoms with E-state index in [-0.39, 0.29) is 18.1 Å². The van der Waals surface area contributed by atoms with Gasteiger partial charge in [0.05, 0.1) is 0 Å². The molecule has 0 aliphatic carbocycles. The second kappa shape index (κ2) is 8.62. The number of carboxylic acid groups (broad SMARTS) is 1. The van der Waals surface area contributed by atoms with Crippen molar-refractivity contribution >= 4 is 12.0 Å². The molecular weight excluding hydrogens is 281 g/mol. The Kier molecular flexibility index (Phi) is 7.97. The number of nitrogens with zero attached hydrogens (tertiary/aromatic N) is 2. The molecule has 0 atom stereocenters. The van der Waals surface area contributed by atoms with Gasteiger partial charge in [-0.3, -0.25) is 4.79 Å². The molecule has 0 aromatic heterocycles. The number of hydrogen-bond acceptors (Lipinski definition) is 3. The molecule has 0 saturated heterocycles. The first kappa shape index (κ1) is 18.5. The van der Waals surface area contributed by atoms with E-state index in [1.165, 1.54) is 7.05 Å². The second-order valence-corrected chi connectivity index (χ2v) is 4.35. The van der Waals surface area contributed by atoms with Crippen molar-refractivity contribution in [1.82, 2.24) is 9.80 Å². The van der Waals surface area contributed by atoms with Crippen molar-refractivity contribution in [2.75, 3.05) is 33.3 Å². The van der Waals surface area contributed by atoms with Gasteiger partial charge < -0.3 is 20.0 Å². The normalized spacial score (nSPS) is 11.2. The minimum absolute atomic E-state index is 0.0108. The van der Waals surface area contributed by atoms with Crippen LogP contribution in [0.15, 0.2) is 0 Å². The topological polar surface area (TPSA) is 81.1 Å². The van der Waals surface area contributed by atoms with Gasteiger partial charge in [-0.25, -0.2) is 4.79 Å². The van der Waals surface area contributed by atoms with Gasteiger partial charge in [-0.15, -0.1) is 0 Å². The summed E-state index contributed by atoms with van der Waals surface area (Å²) in [5.74, 6) is -1.50. The summed E-state index contributed by atoms with van der Waals surface area (Å²) < 4.78 is 36.9. The minimum atomic E-state index is -4.65. The first-order valence-corrected chi connectivity index (χ1v) is 6.07. The highest BCUT2D eigenvalue weighted by molar-refractivity contribution is 5.80. The van der Waals surface area contributed by atoms with Gasteiger partial charge in [0.25, 0.3) is 0 Å².